The zero-order valence-corrected chi connectivity index (χ0v) is 10.0. The molecule has 1 heterocycles. The van der Waals surface area contributed by atoms with Gasteiger partial charge < -0.3 is 10.6 Å². The number of nitrogens with one attached hydrogen (secondary N) is 2. The van der Waals surface area contributed by atoms with Crippen LogP contribution < -0.4 is 10.6 Å². The van der Waals surface area contributed by atoms with Crippen molar-refractivity contribution in [2.75, 3.05) is 13.1 Å². The average molecular weight is 211 g/mol. The molecule has 0 spiro atoms. The minimum absolute atomic E-state index is 0.185. The molecule has 0 saturated heterocycles. The molecule has 0 aliphatic heterocycles. The SMILES string of the molecule is Cn1cnc(CNCCNC(C)(C)C)n1. The molecule has 5 nitrogen and oxygen atoms in total. The second kappa shape index (κ2) is 5.23. The van der Waals surface area contributed by atoms with Crippen molar-refractivity contribution in [2.24, 2.45) is 7.05 Å². The fraction of sp³-hybridized carbons (Fsp3) is 0.800. The quantitative estimate of drug-likeness (QED) is 0.688. The van der Waals surface area contributed by atoms with Gasteiger partial charge >= 0.3 is 0 Å². The Bertz CT molecular complexity index is 286. The van der Waals surface area contributed by atoms with Crippen LogP contribution in [0.4, 0.5) is 0 Å². The molecule has 0 bridgehead atoms. The first kappa shape index (κ1) is 12.1. The zero-order chi connectivity index (χ0) is 11.3. The van der Waals surface area contributed by atoms with Crippen LogP contribution in [0.25, 0.3) is 0 Å². The maximum absolute atomic E-state index is 4.18. The highest BCUT2D eigenvalue weighted by atomic mass is 15.3. The molecule has 0 atom stereocenters. The van der Waals surface area contributed by atoms with Gasteiger partial charge in [0.2, 0.25) is 0 Å². The fourth-order valence-electron chi connectivity index (χ4n) is 1.19. The molecule has 1 aromatic rings. The van der Waals surface area contributed by atoms with Gasteiger partial charge in [0.25, 0.3) is 0 Å². The summed E-state index contributed by atoms with van der Waals surface area (Å²) in [6.45, 7) is 9.09. The Hall–Kier alpha value is -0.940. The van der Waals surface area contributed by atoms with E-state index >= 15 is 0 Å². The lowest BCUT2D eigenvalue weighted by molar-refractivity contribution is 0.420. The summed E-state index contributed by atoms with van der Waals surface area (Å²) in [5.74, 6) is 0.841. The summed E-state index contributed by atoms with van der Waals surface area (Å²) in [4.78, 5) is 4.13. The minimum Gasteiger partial charge on any atom is -0.311 e. The molecule has 0 unspecified atom stereocenters. The summed E-state index contributed by atoms with van der Waals surface area (Å²) < 4.78 is 1.71. The zero-order valence-electron chi connectivity index (χ0n) is 10.0. The van der Waals surface area contributed by atoms with Gasteiger partial charge in [-0.15, -0.1) is 0 Å². The summed E-state index contributed by atoms with van der Waals surface area (Å²) in [5, 5.41) is 10.9. The Morgan fingerprint density at radius 2 is 2.07 bits per heavy atom. The van der Waals surface area contributed by atoms with E-state index in [1.165, 1.54) is 0 Å². The van der Waals surface area contributed by atoms with Crippen LogP contribution in [-0.2, 0) is 13.6 Å². The molecule has 1 rings (SSSR count). The van der Waals surface area contributed by atoms with E-state index in [0.29, 0.717) is 0 Å². The summed E-state index contributed by atoms with van der Waals surface area (Å²) in [7, 11) is 1.87. The smallest absolute Gasteiger partial charge is 0.164 e. The van der Waals surface area contributed by atoms with Crippen LogP contribution in [0.5, 0.6) is 0 Å². The van der Waals surface area contributed by atoms with Gasteiger partial charge in [0.15, 0.2) is 5.82 Å². The Kier molecular flexibility index (Phi) is 4.23. The summed E-state index contributed by atoms with van der Waals surface area (Å²) >= 11 is 0. The summed E-state index contributed by atoms with van der Waals surface area (Å²) in [5.41, 5.74) is 0.185. The van der Waals surface area contributed by atoms with Crippen molar-refractivity contribution in [2.45, 2.75) is 32.9 Å². The number of rotatable bonds is 5. The van der Waals surface area contributed by atoms with Crippen LogP contribution in [0, 0.1) is 0 Å². The second-order valence-electron chi connectivity index (χ2n) is 4.69. The molecule has 0 aliphatic carbocycles. The van der Waals surface area contributed by atoms with Crippen LogP contribution >= 0.6 is 0 Å². The number of hydrogen-bond donors (Lipinski definition) is 2. The van der Waals surface area contributed by atoms with Gasteiger partial charge in [-0.25, -0.2) is 4.98 Å². The van der Waals surface area contributed by atoms with E-state index in [9.17, 15) is 0 Å². The van der Waals surface area contributed by atoms with Crippen molar-refractivity contribution < 1.29 is 0 Å². The Morgan fingerprint density at radius 1 is 1.33 bits per heavy atom. The third-order valence-corrected chi connectivity index (χ3v) is 1.89. The molecule has 2 N–H and O–H groups in total. The molecular weight excluding hydrogens is 190 g/mol. The highest BCUT2D eigenvalue weighted by molar-refractivity contribution is 4.80. The summed E-state index contributed by atoms with van der Waals surface area (Å²) in [6.07, 6.45) is 1.71. The van der Waals surface area contributed by atoms with E-state index in [4.69, 9.17) is 0 Å². The van der Waals surface area contributed by atoms with Gasteiger partial charge in [0.05, 0.1) is 6.54 Å². The Balaban J connectivity index is 2.07. The van der Waals surface area contributed by atoms with Crippen molar-refractivity contribution in [3.8, 4) is 0 Å². The van der Waals surface area contributed by atoms with Gasteiger partial charge in [0.1, 0.15) is 6.33 Å². The van der Waals surface area contributed by atoms with Crippen LogP contribution in [-0.4, -0.2) is 33.4 Å². The average Bonchev–Trinajstić information content (AvgIpc) is 2.49. The number of hydrogen-bond acceptors (Lipinski definition) is 4. The minimum atomic E-state index is 0.185. The third-order valence-electron chi connectivity index (χ3n) is 1.89. The van der Waals surface area contributed by atoms with E-state index in [1.54, 1.807) is 11.0 Å². The lowest BCUT2D eigenvalue weighted by Crippen LogP contribution is -2.40. The molecule has 5 heteroatoms. The molecule has 86 valence electrons. The molecule has 0 amide bonds. The molecule has 1 aromatic heterocycles. The van der Waals surface area contributed by atoms with Crippen LogP contribution in [0.15, 0.2) is 6.33 Å². The van der Waals surface area contributed by atoms with Crippen LogP contribution in [0.1, 0.15) is 26.6 Å². The summed E-state index contributed by atoms with van der Waals surface area (Å²) in [6, 6.07) is 0. The van der Waals surface area contributed by atoms with Crippen molar-refractivity contribution in [3.63, 3.8) is 0 Å². The van der Waals surface area contributed by atoms with Crippen LogP contribution in [0.3, 0.4) is 0 Å². The highest BCUT2D eigenvalue weighted by Crippen LogP contribution is 1.96. The normalized spacial score (nSPS) is 12.0. The van der Waals surface area contributed by atoms with E-state index in [2.05, 4.69) is 41.5 Å². The molecular formula is C10H21N5. The maximum atomic E-state index is 4.18. The lowest BCUT2D eigenvalue weighted by Gasteiger charge is -2.20. The predicted octanol–water partition coefficient (Wildman–Crippen LogP) is 0.293. The van der Waals surface area contributed by atoms with E-state index < -0.39 is 0 Å². The molecule has 0 radical (unpaired) electrons. The van der Waals surface area contributed by atoms with Crippen molar-refractivity contribution in [1.29, 1.82) is 0 Å². The van der Waals surface area contributed by atoms with Crippen LogP contribution in [0.2, 0.25) is 0 Å². The Labute approximate surface area is 91.3 Å². The van der Waals surface area contributed by atoms with Crippen molar-refractivity contribution in [3.05, 3.63) is 12.2 Å². The lowest BCUT2D eigenvalue weighted by atomic mass is 10.1. The van der Waals surface area contributed by atoms with Gasteiger partial charge in [-0.2, -0.15) is 5.10 Å². The number of aryl methyl sites for hydroxylation is 1. The predicted molar refractivity (Wildman–Crippen MR) is 60.5 cm³/mol. The van der Waals surface area contributed by atoms with E-state index in [1.807, 2.05) is 7.05 Å². The standard InChI is InChI=1S/C10H21N5/c1-10(2,3)13-6-5-11-7-9-12-8-15(4)14-9/h8,11,13H,5-7H2,1-4H3. The molecule has 15 heavy (non-hydrogen) atoms. The molecule has 0 saturated carbocycles. The van der Waals surface area contributed by atoms with Gasteiger partial charge in [-0.3, -0.25) is 4.68 Å². The van der Waals surface area contributed by atoms with Crippen molar-refractivity contribution >= 4 is 0 Å². The first-order valence-electron chi connectivity index (χ1n) is 5.28. The van der Waals surface area contributed by atoms with Crippen molar-refractivity contribution in [1.82, 2.24) is 25.4 Å². The third kappa shape index (κ3) is 5.49. The topological polar surface area (TPSA) is 54.8 Å². The van der Waals surface area contributed by atoms with E-state index in [-0.39, 0.29) is 5.54 Å². The fourth-order valence-corrected chi connectivity index (χ4v) is 1.19. The van der Waals surface area contributed by atoms with E-state index in [0.717, 1.165) is 25.5 Å². The second-order valence-corrected chi connectivity index (χ2v) is 4.69. The molecule has 0 fully saturated rings. The maximum Gasteiger partial charge on any atom is 0.164 e. The number of aromatic nitrogens is 3. The number of nitrogens with zero attached hydrogens (tertiary/aromatic N) is 3. The van der Waals surface area contributed by atoms with Gasteiger partial charge in [-0.05, 0) is 20.8 Å². The van der Waals surface area contributed by atoms with Gasteiger partial charge in [0, 0.05) is 25.7 Å². The molecule has 0 aromatic carbocycles. The van der Waals surface area contributed by atoms with Gasteiger partial charge in [-0.1, -0.05) is 0 Å². The largest absolute Gasteiger partial charge is 0.311 e. The Morgan fingerprint density at radius 3 is 2.60 bits per heavy atom. The highest BCUT2D eigenvalue weighted by Gasteiger charge is 2.06. The molecule has 0 aliphatic rings. The first-order valence-corrected chi connectivity index (χ1v) is 5.28. The monoisotopic (exact) mass is 211 g/mol. The first-order chi connectivity index (χ1) is 6.97.